The predicted octanol–water partition coefficient (Wildman–Crippen LogP) is 1.10. The van der Waals surface area contributed by atoms with Gasteiger partial charge in [-0.1, -0.05) is 26.7 Å². The zero-order valence-electron chi connectivity index (χ0n) is 9.13. The monoisotopic (exact) mass is 201 g/mol. The molecule has 0 aliphatic carbocycles. The van der Waals surface area contributed by atoms with E-state index < -0.39 is 5.97 Å². The van der Waals surface area contributed by atoms with Crippen molar-refractivity contribution in [1.82, 2.24) is 5.32 Å². The van der Waals surface area contributed by atoms with Crippen LogP contribution in [0.15, 0.2) is 0 Å². The molecular formula is C10H19NO3. The molecule has 0 aliphatic rings. The van der Waals surface area contributed by atoms with Crippen LogP contribution in [0.1, 0.15) is 33.1 Å². The smallest absolute Gasteiger partial charge is 0.325 e. The number of rotatable bonds is 6. The summed E-state index contributed by atoms with van der Waals surface area (Å²) in [7, 11) is 1.30. The molecule has 0 bridgehead atoms. The van der Waals surface area contributed by atoms with Crippen molar-refractivity contribution < 1.29 is 14.3 Å². The first-order valence-electron chi connectivity index (χ1n) is 4.96. The number of nitrogens with one attached hydrogen (secondary N) is 1. The zero-order chi connectivity index (χ0) is 11.0. The van der Waals surface area contributed by atoms with Crippen LogP contribution in [0.4, 0.5) is 0 Å². The summed E-state index contributed by atoms with van der Waals surface area (Å²) in [5, 5.41) is 2.53. The number of hydrogen-bond donors (Lipinski definition) is 1. The lowest BCUT2D eigenvalue weighted by Gasteiger charge is -2.10. The van der Waals surface area contributed by atoms with Crippen molar-refractivity contribution in [3.63, 3.8) is 0 Å². The van der Waals surface area contributed by atoms with Gasteiger partial charge in [0.15, 0.2) is 0 Å². The average Bonchev–Trinajstić information content (AvgIpc) is 2.21. The van der Waals surface area contributed by atoms with E-state index in [0.29, 0.717) is 0 Å². The van der Waals surface area contributed by atoms with Gasteiger partial charge in [0, 0.05) is 5.92 Å². The summed E-state index contributed by atoms with van der Waals surface area (Å²) in [4.78, 5) is 22.1. The number of hydrogen-bond acceptors (Lipinski definition) is 3. The quantitative estimate of drug-likeness (QED) is 0.655. The molecule has 0 aliphatic heterocycles. The fourth-order valence-corrected chi connectivity index (χ4v) is 1.05. The Kier molecular flexibility index (Phi) is 6.80. The predicted molar refractivity (Wildman–Crippen MR) is 53.7 cm³/mol. The van der Waals surface area contributed by atoms with Gasteiger partial charge in [-0.05, 0) is 6.42 Å². The topological polar surface area (TPSA) is 55.4 Å². The summed E-state index contributed by atoms with van der Waals surface area (Å²) in [6.07, 6.45) is 2.98. The van der Waals surface area contributed by atoms with Crippen LogP contribution in [-0.2, 0) is 14.3 Å². The van der Waals surface area contributed by atoms with Crippen molar-refractivity contribution in [2.45, 2.75) is 33.1 Å². The molecule has 1 unspecified atom stereocenters. The van der Waals surface area contributed by atoms with Crippen molar-refractivity contribution in [3.05, 3.63) is 0 Å². The van der Waals surface area contributed by atoms with Crippen molar-refractivity contribution in [3.8, 4) is 0 Å². The molecule has 0 saturated heterocycles. The molecule has 4 heteroatoms. The number of unbranched alkanes of at least 4 members (excludes halogenated alkanes) is 1. The number of esters is 1. The van der Waals surface area contributed by atoms with Crippen LogP contribution in [0.25, 0.3) is 0 Å². The molecule has 4 nitrogen and oxygen atoms in total. The molecule has 82 valence electrons. The second kappa shape index (κ2) is 7.35. The van der Waals surface area contributed by atoms with Gasteiger partial charge >= 0.3 is 5.97 Å². The molecule has 0 radical (unpaired) electrons. The molecule has 14 heavy (non-hydrogen) atoms. The highest BCUT2D eigenvalue weighted by Gasteiger charge is 2.12. The second-order valence-corrected chi connectivity index (χ2v) is 3.34. The molecule has 0 aromatic carbocycles. The lowest BCUT2D eigenvalue weighted by atomic mass is 10.0. The molecule has 0 aromatic heterocycles. The van der Waals surface area contributed by atoms with Gasteiger partial charge in [-0.3, -0.25) is 9.59 Å². The van der Waals surface area contributed by atoms with E-state index in [2.05, 4.69) is 17.0 Å². The Labute approximate surface area is 85.0 Å². The third-order valence-corrected chi connectivity index (χ3v) is 2.07. The first-order chi connectivity index (χ1) is 6.61. The van der Waals surface area contributed by atoms with Gasteiger partial charge in [0.05, 0.1) is 7.11 Å². The summed E-state index contributed by atoms with van der Waals surface area (Å²) in [6, 6.07) is 0. The summed E-state index contributed by atoms with van der Waals surface area (Å²) in [6.45, 7) is 3.91. The normalized spacial score (nSPS) is 11.9. The maximum Gasteiger partial charge on any atom is 0.325 e. The molecule has 1 atom stereocenters. The van der Waals surface area contributed by atoms with Gasteiger partial charge < -0.3 is 10.1 Å². The first kappa shape index (κ1) is 12.9. The third kappa shape index (κ3) is 5.56. The molecule has 0 fully saturated rings. The lowest BCUT2D eigenvalue weighted by molar-refractivity contribution is -0.141. The Morgan fingerprint density at radius 3 is 2.57 bits per heavy atom. The number of carbonyl (C=O) groups is 2. The van der Waals surface area contributed by atoms with E-state index in [-0.39, 0.29) is 18.4 Å². The van der Waals surface area contributed by atoms with Crippen LogP contribution in [-0.4, -0.2) is 25.5 Å². The summed E-state index contributed by atoms with van der Waals surface area (Å²) < 4.78 is 4.41. The number of amides is 1. The summed E-state index contributed by atoms with van der Waals surface area (Å²) >= 11 is 0. The highest BCUT2D eigenvalue weighted by atomic mass is 16.5. The molecule has 0 heterocycles. The Balaban J connectivity index is 3.67. The van der Waals surface area contributed by atoms with E-state index in [0.717, 1.165) is 19.3 Å². The van der Waals surface area contributed by atoms with Crippen molar-refractivity contribution in [1.29, 1.82) is 0 Å². The van der Waals surface area contributed by atoms with Crippen LogP contribution in [0, 0.1) is 5.92 Å². The van der Waals surface area contributed by atoms with Gasteiger partial charge in [0.2, 0.25) is 5.91 Å². The van der Waals surface area contributed by atoms with Crippen molar-refractivity contribution in [2.24, 2.45) is 5.92 Å². The summed E-state index contributed by atoms with van der Waals surface area (Å²) in [5.41, 5.74) is 0. The van der Waals surface area contributed by atoms with E-state index in [1.54, 1.807) is 0 Å². The second-order valence-electron chi connectivity index (χ2n) is 3.34. The molecule has 0 aromatic rings. The fraction of sp³-hybridized carbons (Fsp3) is 0.800. The molecular weight excluding hydrogens is 182 g/mol. The van der Waals surface area contributed by atoms with Gasteiger partial charge in [0.1, 0.15) is 6.54 Å². The minimum atomic E-state index is -0.416. The third-order valence-electron chi connectivity index (χ3n) is 2.07. The van der Waals surface area contributed by atoms with Crippen LogP contribution < -0.4 is 5.32 Å². The van der Waals surface area contributed by atoms with Gasteiger partial charge in [0.25, 0.3) is 0 Å². The fourth-order valence-electron chi connectivity index (χ4n) is 1.05. The van der Waals surface area contributed by atoms with Crippen LogP contribution in [0.3, 0.4) is 0 Å². The van der Waals surface area contributed by atoms with E-state index >= 15 is 0 Å². The SMILES string of the molecule is CCCCC(C)C(=O)NCC(=O)OC. The van der Waals surface area contributed by atoms with E-state index in [4.69, 9.17) is 0 Å². The van der Waals surface area contributed by atoms with Gasteiger partial charge in [-0.15, -0.1) is 0 Å². The van der Waals surface area contributed by atoms with Crippen molar-refractivity contribution in [2.75, 3.05) is 13.7 Å². The van der Waals surface area contributed by atoms with Gasteiger partial charge in [-0.25, -0.2) is 0 Å². The van der Waals surface area contributed by atoms with Crippen LogP contribution in [0.2, 0.25) is 0 Å². The highest BCUT2D eigenvalue weighted by Crippen LogP contribution is 2.06. The lowest BCUT2D eigenvalue weighted by Crippen LogP contribution is -2.34. The largest absolute Gasteiger partial charge is 0.468 e. The number of carbonyl (C=O) groups excluding carboxylic acids is 2. The van der Waals surface area contributed by atoms with Crippen LogP contribution >= 0.6 is 0 Å². The van der Waals surface area contributed by atoms with Crippen LogP contribution in [0.5, 0.6) is 0 Å². The maximum absolute atomic E-state index is 11.4. The minimum absolute atomic E-state index is 0.0281. The Morgan fingerprint density at radius 1 is 1.43 bits per heavy atom. The van der Waals surface area contributed by atoms with E-state index in [1.807, 2.05) is 6.92 Å². The standard InChI is InChI=1S/C10H19NO3/c1-4-5-6-8(2)10(13)11-7-9(12)14-3/h8H,4-7H2,1-3H3,(H,11,13). The highest BCUT2D eigenvalue weighted by molar-refractivity contribution is 5.83. The number of methoxy groups -OCH3 is 1. The Hall–Kier alpha value is -1.06. The Bertz CT molecular complexity index is 192. The minimum Gasteiger partial charge on any atom is -0.468 e. The van der Waals surface area contributed by atoms with Crippen molar-refractivity contribution >= 4 is 11.9 Å². The zero-order valence-corrected chi connectivity index (χ0v) is 9.13. The molecule has 1 N–H and O–H groups in total. The van der Waals surface area contributed by atoms with E-state index in [1.165, 1.54) is 7.11 Å². The molecule has 1 amide bonds. The van der Waals surface area contributed by atoms with E-state index in [9.17, 15) is 9.59 Å². The molecule has 0 saturated carbocycles. The van der Waals surface area contributed by atoms with Gasteiger partial charge in [-0.2, -0.15) is 0 Å². The summed E-state index contributed by atoms with van der Waals surface area (Å²) in [5.74, 6) is -0.524. The molecule has 0 rings (SSSR count). The maximum atomic E-state index is 11.4. The number of ether oxygens (including phenoxy) is 1. The Morgan fingerprint density at radius 2 is 2.07 bits per heavy atom. The first-order valence-corrected chi connectivity index (χ1v) is 4.96. The molecule has 0 spiro atoms. The average molecular weight is 201 g/mol.